The van der Waals surface area contributed by atoms with Crippen molar-refractivity contribution >= 4 is 54.5 Å². The van der Waals surface area contributed by atoms with Crippen LogP contribution in [0, 0.1) is 5.82 Å². The van der Waals surface area contributed by atoms with Crippen LogP contribution in [-0.2, 0) is 0 Å². The van der Waals surface area contributed by atoms with Crippen molar-refractivity contribution in [2.24, 2.45) is 0 Å². The van der Waals surface area contributed by atoms with Crippen molar-refractivity contribution in [1.29, 1.82) is 0 Å². The zero-order valence-electron chi connectivity index (χ0n) is 10.9. The molecule has 6 heteroatoms. The minimum Gasteiger partial charge on any atom is -0.294 e. The monoisotopic (exact) mass is 430 g/mol. The molecule has 2 nitrogen and oxygen atoms in total. The molecule has 0 spiro atoms. The third kappa shape index (κ3) is 2.74. The molecule has 1 atom stereocenters. The molecule has 1 aromatic heterocycles. The van der Waals surface area contributed by atoms with Crippen molar-refractivity contribution < 1.29 is 4.39 Å². The Balaban J connectivity index is 2.36. The molecule has 0 aliphatic rings. The normalized spacial score (nSPS) is 12.8. The molecule has 0 N–H and O–H groups in total. The van der Waals surface area contributed by atoms with E-state index in [-0.39, 0.29) is 11.2 Å². The van der Waals surface area contributed by atoms with Gasteiger partial charge in [0.25, 0.3) is 0 Å². The Morgan fingerprint density at radius 2 is 1.95 bits per heavy atom. The van der Waals surface area contributed by atoms with Gasteiger partial charge in [0.15, 0.2) is 0 Å². The van der Waals surface area contributed by atoms with E-state index in [1.54, 1.807) is 6.07 Å². The van der Waals surface area contributed by atoms with E-state index in [0.29, 0.717) is 4.47 Å². The predicted molar refractivity (Wildman–Crippen MR) is 90.7 cm³/mol. The molecule has 108 valence electrons. The average molecular weight is 433 g/mol. The van der Waals surface area contributed by atoms with Gasteiger partial charge in [0.05, 0.1) is 22.1 Å². The molecule has 0 saturated carbocycles. The van der Waals surface area contributed by atoms with Gasteiger partial charge in [-0.05, 0) is 59.3 Å². The number of imidazole rings is 1. The summed E-state index contributed by atoms with van der Waals surface area (Å²) in [6.07, 6.45) is 0. The van der Waals surface area contributed by atoms with Crippen LogP contribution >= 0.6 is 43.5 Å². The molecule has 0 aliphatic heterocycles. The van der Waals surface area contributed by atoms with Gasteiger partial charge in [-0.1, -0.05) is 15.9 Å². The maximum Gasteiger partial charge on any atom is 0.132 e. The summed E-state index contributed by atoms with van der Waals surface area (Å²) in [5.41, 5.74) is 2.57. The second-order valence-corrected chi connectivity index (χ2v) is 7.07. The van der Waals surface area contributed by atoms with Crippen LogP contribution in [0.4, 0.5) is 4.39 Å². The van der Waals surface area contributed by atoms with Gasteiger partial charge in [0.2, 0.25) is 0 Å². The number of fused-ring (bicyclic) bond motifs is 1. The Kier molecular flexibility index (Phi) is 4.08. The van der Waals surface area contributed by atoms with Gasteiger partial charge in [-0.15, -0.1) is 11.6 Å². The number of rotatable bonds is 2. The molecule has 1 unspecified atom stereocenters. The second-order valence-electron chi connectivity index (χ2n) is 4.65. The molecule has 0 saturated heterocycles. The molecule has 21 heavy (non-hydrogen) atoms. The topological polar surface area (TPSA) is 17.8 Å². The number of nitrogens with zero attached hydrogens (tertiary/aromatic N) is 2. The third-order valence-electron chi connectivity index (χ3n) is 3.15. The Bertz CT molecular complexity index is 830. The minimum atomic E-state index is -0.293. The standard InChI is InChI=1S/C15H10Br2ClFN2/c1-8(18)15-20-12-6-9(16)2-4-14(12)21(15)13-5-3-10(19)7-11(13)17/h2-8H,1H3. The molecular weight excluding hydrogens is 422 g/mol. The van der Waals surface area contributed by atoms with E-state index in [9.17, 15) is 4.39 Å². The molecule has 2 aromatic carbocycles. The van der Waals surface area contributed by atoms with Gasteiger partial charge in [-0.3, -0.25) is 4.57 Å². The van der Waals surface area contributed by atoms with E-state index in [4.69, 9.17) is 11.6 Å². The van der Waals surface area contributed by atoms with E-state index in [2.05, 4.69) is 36.8 Å². The highest BCUT2D eigenvalue weighted by Crippen LogP contribution is 2.32. The summed E-state index contributed by atoms with van der Waals surface area (Å²) >= 11 is 13.1. The van der Waals surface area contributed by atoms with Gasteiger partial charge < -0.3 is 0 Å². The number of alkyl halides is 1. The van der Waals surface area contributed by atoms with Crippen molar-refractivity contribution in [3.05, 3.63) is 57.0 Å². The number of hydrogen-bond acceptors (Lipinski definition) is 1. The Hall–Kier alpha value is -0.910. The van der Waals surface area contributed by atoms with Crippen molar-refractivity contribution in [1.82, 2.24) is 9.55 Å². The molecule has 0 radical (unpaired) electrons. The molecule has 1 heterocycles. The fourth-order valence-corrected chi connectivity index (χ4v) is 3.28. The predicted octanol–water partition coefficient (Wildman–Crippen LogP) is 5.99. The van der Waals surface area contributed by atoms with E-state index in [0.717, 1.165) is 27.0 Å². The van der Waals surface area contributed by atoms with Crippen molar-refractivity contribution in [2.45, 2.75) is 12.3 Å². The molecular formula is C15H10Br2ClFN2. The van der Waals surface area contributed by atoms with Crippen LogP contribution < -0.4 is 0 Å². The quantitative estimate of drug-likeness (QED) is 0.455. The zero-order chi connectivity index (χ0) is 15.1. The summed E-state index contributed by atoms with van der Waals surface area (Å²) < 4.78 is 16.9. The highest BCUT2D eigenvalue weighted by molar-refractivity contribution is 9.10. The van der Waals surface area contributed by atoms with Gasteiger partial charge in [0, 0.05) is 8.95 Å². The van der Waals surface area contributed by atoms with Crippen LogP contribution in [0.25, 0.3) is 16.7 Å². The first-order valence-electron chi connectivity index (χ1n) is 6.25. The molecule has 0 bridgehead atoms. The Morgan fingerprint density at radius 1 is 1.19 bits per heavy atom. The fourth-order valence-electron chi connectivity index (χ4n) is 2.25. The molecule has 0 aliphatic carbocycles. The first-order chi connectivity index (χ1) is 9.97. The lowest BCUT2D eigenvalue weighted by Crippen LogP contribution is -2.03. The smallest absolute Gasteiger partial charge is 0.132 e. The maximum atomic E-state index is 13.3. The molecule has 3 rings (SSSR count). The largest absolute Gasteiger partial charge is 0.294 e. The second kappa shape index (κ2) is 5.71. The number of benzene rings is 2. The SMILES string of the molecule is CC(Cl)c1nc2cc(Br)ccc2n1-c1ccc(F)cc1Br. The highest BCUT2D eigenvalue weighted by Gasteiger charge is 2.18. The number of hydrogen-bond donors (Lipinski definition) is 0. The highest BCUT2D eigenvalue weighted by atomic mass is 79.9. The Labute approximate surface area is 143 Å². The lowest BCUT2D eigenvalue weighted by molar-refractivity contribution is 0.626. The summed E-state index contributed by atoms with van der Waals surface area (Å²) in [4.78, 5) is 4.60. The Morgan fingerprint density at radius 3 is 2.62 bits per heavy atom. The first kappa shape index (κ1) is 15.0. The van der Waals surface area contributed by atoms with Crippen LogP contribution in [-0.4, -0.2) is 9.55 Å². The van der Waals surface area contributed by atoms with Crippen LogP contribution in [0.2, 0.25) is 0 Å². The van der Waals surface area contributed by atoms with Gasteiger partial charge >= 0.3 is 0 Å². The zero-order valence-corrected chi connectivity index (χ0v) is 14.9. The van der Waals surface area contributed by atoms with Crippen LogP contribution in [0.5, 0.6) is 0 Å². The lowest BCUT2D eigenvalue weighted by atomic mass is 10.2. The summed E-state index contributed by atoms with van der Waals surface area (Å²) in [7, 11) is 0. The molecule has 0 fully saturated rings. The fraction of sp³-hybridized carbons (Fsp3) is 0.133. The number of halogens is 4. The van der Waals surface area contributed by atoms with E-state index in [1.807, 2.05) is 29.7 Å². The van der Waals surface area contributed by atoms with Crippen LogP contribution in [0.1, 0.15) is 18.1 Å². The van der Waals surface area contributed by atoms with Crippen molar-refractivity contribution in [3.8, 4) is 5.69 Å². The maximum absolute atomic E-state index is 13.3. The van der Waals surface area contributed by atoms with Crippen molar-refractivity contribution in [3.63, 3.8) is 0 Å². The average Bonchev–Trinajstić information content (AvgIpc) is 2.77. The number of aromatic nitrogens is 2. The van der Waals surface area contributed by atoms with E-state index < -0.39 is 0 Å². The molecule has 0 amide bonds. The lowest BCUT2D eigenvalue weighted by Gasteiger charge is -2.12. The summed E-state index contributed by atoms with van der Waals surface area (Å²) in [5.74, 6) is 0.426. The molecule has 3 aromatic rings. The summed E-state index contributed by atoms with van der Waals surface area (Å²) in [6, 6.07) is 10.4. The van der Waals surface area contributed by atoms with Crippen molar-refractivity contribution in [2.75, 3.05) is 0 Å². The van der Waals surface area contributed by atoms with Gasteiger partial charge in [-0.25, -0.2) is 9.37 Å². The van der Waals surface area contributed by atoms with Gasteiger partial charge in [0.1, 0.15) is 11.6 Å². The van der Waals surface area contributed by atoms with E-state index >= 15 is 0 Å². The summed E-state index contributed by atoms with van der Waals surface area (Å²) in [5, 5.41) is -0.270. The van der Waals surface area contributed by atoms with E-state index in [1.165, 1.54) is 12.1 Å². The summed E-state index contributed by atoms with van der Waals surface area (Å²) in [6.45, 7) is 1.87. The third-order valence-corrected chi connectivity index (χ3v) is 4.47. The van der Waals surface area contributed by atoms with Gasteiger partial charge in [-0.2, -0.15) is 0 Å². The van der Waals surface area contributed by atoms with Crippen LogP contribution in [0.15, 0.2) is 45.3 Å². The first-order valence-corrected chi connectivity index (χ1v) is 8.27. The minimum absolute atomic E-state index is 0.270. The van der Waals surface area contributed by atoms with Crippen LogP contribution in [0.3, 0.4) is 0 Å².